The molecule has 1 N–H and O–H groups in total. The number of piperazine rings is 1. The molecular formula is C24H26ClN3O4. The fourth-order valence-electron chi connectivity index (χ4n) is 4.14. The molecule has 32 heavy (non-hydrogen) atoms. The summed E-state index contributed by atoms with van der Waals surface area (Å²) in [6.45, 7) is 5.72. The van der Waals surface area contributed by atoms with Crippen LogP contribution in [0.4, 0.5) is 5.69 Å². The number of hydrogen-bond donors (Lipinski definition) is 1. The van der Waals surface area contributed by atoms with Crippen LogP contribution in [-0.4, -0.2) is 72.7 Å². The molecule has 0 unspecified atom stereocenters. The first kappa shape index (κ1) is 22.3. The summed E-state index contributed by atoms with van der Waals surface area (Å²) in [6, 6.07) is 14.1. The highest BCUT2D eigenvalue weighted by Gasteiger charge is 2.43. The molecule has 2 aromatic carbocycles. The SMILES string of the molecule is CCOc1ccc(C2=C(N3CCN(CCO)CC3)C(=O)N(c3ccccc3Cl)C2=O)cc1. The minimum atomic E-state index is -0.389. The van der Waals surface area contributed by atoms with E-state index in [1.165, 1.54) is 4.90 Å². The maximum atomic E-state index is 13.6. The smallest absolute Gasteiger partial charge is 0.282 e. The van der Waals surface area contributed by atoms with Gasteiger partial charge < -0.3 is 14.7 Å². The predicted octanol–water partition coefficient (Wildman–Crippen LogP) is 2.63. The fraction of sp³-hybridized carbons (Fsp3) is 0.333. The summed E-state index contributed by atoms with van der Waals surface area (Å²) in [6.07, 6.45) is 0. The van der Waals surface area contributed by atoms with E-state index in [2.05, 4.69) is 4.90 Å². The number of amides is 2. The number of hydrogen-bond acceptors (Lipinski definition) is 6. The van der Waals surface area contributed by atoms with Crippen LogP contribution in [0, 0.1) is 0 Å². The first-order chi connectivity index (χ1) is 15.5. The highest BCUT2D eigenvalue weighted by atomic mass is 35.5. The summed E-state index contributed by atoms with van der Waals surface area (Å²) < 4.78 is 5.52. The van der Waals surface area contributed by atoms with Crippen LogP contribution >= 0.6 is 11.6 Å². The maximum absolute atomic E-state index is 13.6. The van der Waals surface area contributed by atoms with Gasteiger partial charge in [-0.2, -0.15) is 0 Å². The molecule has 0 saturated carbocycles. The molecule has 8 heteroatoms. The second-order valence-corrected chi connectivity index (χ2v) is 8.04. The second-order valence-electron chi connectivity index (χ2n) is 7.63. The third-order valence-electron chi connectivity index (χ3n) is 5.71. The van der Waals surface area contributed by atoms with Gasteiger partial charge in [0.2, 0.25) is 0 Å². The molecule has 0 spiro atoms. The van der Waals surface area contributed by atoms with Gasteiger partial charge in [0.15, 0.2) is 0 Å². The normalized spacial score (nSPS) is 17.5. The molecule has 2 heterocycles. The van der Waals surface area contributed by atoms with Gasteiger partial charge in [0.25, 0.3) is 11.8 Å². The van der Waals surface area contributed by atoms with E-state index in [1.54, 1.807) is 36.4 Å². The van der Waals surface area contributed by atoms with E-state index in [-0.39, 0.29) is 18.4 Å². The average molecular weight is 456 g/mol. The average Bonchev–Trinajstić information content (AvgIpc) is 3.06. The Labute approximate surface area is 192 Å². The Hall–Kier alpha value is -2.87. The highest BCUT2D eigenvalue weighted by Crippen LogP contribution is 2.38. The first-order valence-corrected chi connectivity index (χ1v) is 11.1. The van der Waals surface area contributed by atoms with Gasteiger partial charge in [-0.15, -0.1) is 0 Å². The zero-order valence-corrected chi connectivity index (χ0v) is 18.7. The summed E-state index contributed by atoms with van der Waals surface area (Å²) in [5, 5.41) is 9.56. The van der Waals surface area contributed by atoms with E-state index < -0.39 is 0 Å². The number of β-amino-alcohol motifs (C(OH)–C–C–N with tert-alkyl or cyclic N) is 1. The molecule has 0 aromatic heterocycles. The van der Waals surface area contributed by atoms with Gasteiger partial charge in [-0.1, -0.05) is 35.9 Å². The van der Waals surface area contributed by atoms with Gasteiger partial charge in [0.05, 0.1) is 29.5 Å². The largest absolute Gasteiger partial charge is 0.494 e. The molecule has 2 amide bonds. The lowest BCUT2D eigenvalue weighted by Crippen LogP contribution is -2.48. The van der Waals surface area contributed by atoms with Crippen molar-refractivity contribution < 1.29 is 19.4 Å². The predicted molar refractivity (Wildman–Crippen MR) is 124 cm³/mol. The molecule has 0 aliphatic carbocycles. The molecule has 2 aromatic rings. The monoisotopic (exact) mass is 455 g/mol. The lowest BCUT2D eigenvalue weighted by molar-refractivity contribution is -0.120. The Morgan fingerprint density at radius 3 is 2.28 bits per heavy atom. The standard InChI is InChI=1S/C24H26ClN3O4/c1-2-32-18-9-7-17(8-10-18)21-22(27-13-11-26(12-14-27)15-16-29)24(31)28(23(21)30)20-6-4-3-5-19(20)25/h3-10,29H,2,11-16H2,1H3. The van der Waals surface area contributed by atoms with Gasteiger partial charge in [-0.05, 0) is 36.8 Å². The number of halogens is 1. The van der Waals surface area contributed by atoms with Gasteiger partial charge in [-0.3, -0.25) is 14.5 Å². The van der Waals surface area contributed by atoms with Crippen molar-refractivity contribution in [3.8, 4) is 5.75 Å². The Balaban J connectivity index is 1.73. The number of imide groups is 1. The lowest BCUT2D eigenvalue weighted by atomic mass is 10.0. The van der Waals surface area contributed by atoms with Crippen LogP contribution in [-0.2, 0) is 9.59 Å². The maximum Gasteiger partial charge on any atom is 0.282 e. The van der Waals surface area contributed by atoms with E-state index in [0.717, 1.165) is 0 Å². The molecule has 2 aliphatic rings. The number of nitrogens with zero attached hydrogens (tertiary/aromatic N) is 3. The number of carbonyl (C=O) groups excluding carboxylic acids is 2. The van der Waals surface area contributed by atoms with Gasteiger partial charge in [-0.25, -0.2) is 4.90 Å². The lowest BCUT2D eigenvalue weighted by Gasteiger charge is -2.36. The third-order valence-corrected chi connectivity index (χ3v) is 6.03. The van der Waals surface area contributed by atoms with Gasteiger partial charge >= 0.3 is 0 Å². The summed E-state index contributed by atoms with van der Waals surface area (Å²) in [4.78, 5) is 32.5. The number of para-hydroxylation sites is 1. The Morgan fingerprint density at radius 2 is 1.66 bits per heavy atom. The molecule has 1 saturated heterocycles. The van der Waals surface area contributed by atoms with Crippen molar-refractivity contribution in [2.45, 2.75) is 6.92 Å². The van der Waals surface area contributed by atoms with Crippen LogP contribution < -0.4 is 9.64 Å². The highest BCUT2D eigenvalue weighted by molar-refractivity contribution is 6.47. The summed E-state index contributed by atoms with van der Waals surface area (Å²) >= 11 is 6.35. The molecule has 0 bridgehead atoms. The van der Waals surface area contributed by atoms with E-state index in [4.69, 9.17) is 16.3 Å². The van der Waals surface area contributed by atoms with Crippen molar-refractivity contribution in [1.82, 2.24) is 9.80 Å². The van der Waals surface area contributed by atoms with Crippen LogP contribution in [0.3, 0.4) is 0 Å². The van der Waals surface area contributed by atoms with Crippen molar-refractivity contribution in [3.05, 3.63) is 64.8 Å². The molecule has 7 nitrogen and oxygen atoms in total. The number of aliphatic hydroxyl groups excluding tert-OH is 1. The Kier molecular flexibility index (Phi) is 6.79. The van der Waals surface area contributed by atoms with Crippen LogP contribution in [0.15, 0.2) is 54.2 Å². The second kappa shape index (κ2) is 9.73. The van der Waals surface area contributed by atoms with Crippen molar-refractivity contribution >= 4 is 34.7 Å². The van der Waals surface area contributed by atoms with Crippen molar-refractivity contribution in [2.75, 3.05) is 50.8 Å². The molecule has 168 valence electrons. The summed E-state index contributed by atoms with van der Waals surface area (Å²) in [5.74, 6) is -0.0570. The number of ether oxygens (including phenoxy) is 1. The minimum absolute atomic E-state index is 0.0951. The van der Waals surface area contributed by atoms with E-state index in [9.17, 15) is 14.7 Å². The van der Waals surface area contributed by atoms with Crippen LogP contribution in [0.1, 0.15) is 12.5 Å². The third kappa shape index (κ3) is 4.24. The Morgan fingerprint density at radius 1 is 0.969 bits per heavy atom. The zero-order valence-electron chi connectivity index (χ0n) is 18.0. The molecule has 4 rings (SSSR count). The van der Waals surface area contributed by atoms with Gasteiger partial charge in [0.1, 0.15) is 11.4 Å². The summed E-state index contributed by atoms with van der Waals surface area (Å²) in [5.41, 5.74) is 1.80. The molecule has 1 fully saturated rings. The minimum Gasteiger partial charge on any atom is -0.494 e. The zero-order chi connectivity index (χ0) is 22.7. The molecular weight excluding hydrogens is 430 g/mol. The van der Waals surface area contributed by atoms with E-state index in [1.807, 2.05) is 24.0 Å². The fourth-order valence-corrected chi connectivity index (χ4v) is 4.36. The van der Waals surface area contributed by atoms with Crippen LogP contribution in [0.25, 0.3) is 5.57 Å². The Bertz CT molecular complexity index is 1030. The first-order valence-electron chi connectivity index (χ1n) is 10.7. The van der Waals surface area contributed by atoms with Crippen LogP contribution in [0.2, 0.25) is 5.02 Å². The molecule has 2 aliphatic heterocycles. The molecule has 0 atom stereocenters. The number of aliphatic hydroxyl groups is 1. The topological polar surface area (TPSA) is 73.3 Å². The number of rotatable bonds is 7. The van der Waals surface area contributed by atoms with Crippen molar-refractivity contribution in [1.29, 1.82) is 0 Å². The van der Waals surface area contributed by atoms with Crippen LogP contribution in [0.5, 0.6) is 5.75 Å². The van der Waals surface area contributed by atoms with Crippen molar-refractivity contribution in [2.24, 2.45) is 0 Å². The quantitative estimate of drug-likeness (QED) is 0.647. The van der Waals surface area contributed by atoms with E-state index in [0.29, 0.717) is 72.6 Å². The van der Waals surface area contributed by atoms with E-state index >= 15 is 0 Å². The molecule has 0 radical (unpaired) electrons. The summed E-state index contributed by atoms with van der Waals surface area (Å²) in [7, 11) is 0. The van der Waals surface area contributed by atoms with Crippen molar-refractivity contribution in [3.63, 3.8) is 0 Å². The number of anilines is 1. The number of benzene rings is 2. The van der Waals surface area contributed by atoms with Gasteiger partial charge in [0, 0.05) is 32.7 Å². The number of carbonyl (C=O) groups is 2.